The molecule has 1 atom stereocenters. The Kier molecular flexibility index (Phi) is 7.86. The van der Waals surface area contributed by atoms with Crippen LogP contribution in [0, 0.1) is 0 Å². The van der Waals surface area contributed by atoms with Crippen molar-refractivity contribution >= 4 is 44.6 Å². The van der Waals surface area contributed by atoms with Gasteiger partial charge in [-0.25, -0.2) is 8.42 Å². The zero-order valence-electron chi connectivity index (χ0n) is 18.4. The maximum absolute atomic E-state index is 13.1. The lowest BCUT2D eigenvalue weighted by molar-refractivity contribution is -0.117. The number of sulfonamides is 1. The maximum atomic E-state index is 13.1. The van der Waals surface area contributed by atoms with Gasteiger partial charge in [0.1, 0.15) is 11.8 Å². The molecule has 174 valence electrons. The van der Waals surface area contributed by atoms with Gasteiger partial charge in [0.2, 0.25) is 15.9 Å². The van der Waals surface area contributed by atoms with Crippen molar-refractivity contribution in [1.82, 2.24) is 0 Å². The van der Waals surface area contributed by atoms with Crippen LogP contribution in [0.25, 0.3) is 0 Å². The summed E-state index contributed by atoms with van der Waals surface area (Å²) < 4.78 is 36.9. The average molecular weight is 482 g/mol. The largest absolute Gasteiger partial charge is 0.495 e. The van der Waals surface area contributed by atoms with Gasteiger partial charge < -0.3 is 19.7 Å². The summed E-state index contributed by atoms with van der Waals surface area (Å²) in [7, 11) is -2.30. The number of anilines is 3. The van der Waals surface area contributed by atoms with Crippen LogP contribution in [0.1, 0.15) is 13.3 Å². The topological polar surface area (TPSA) is 88.2 Å². The number of carbonyl (C=O) groups excluding carboxylic acids is 1. The molecule has 0 aliphatic carbocycles. The Labute approximate surface area is 194 Å². The van der Waals surface area contributed by atoms with Crippen molar-refractivity contribution in [1.29, 1.82) is 0 Å². The molecule has 0 spiro atoms. The summed E-state index contributed by atoms with van der Waals surface area (Å²) in [5.74, 6) is -0.00860. The van der Waals surface area contributed by atoms with Gasteiger partial charge in [0.05, 0.1) is 37.3 Å². The van der Waals surface area contributed by atoms with Gasteiger partial charge >= 0.3 is 0 Å². The molecule has 0 radical (unpaired) electrons. The standard InChI is InChI=1S/C22H28ClN3O5S/c1-4-20(26(32(3,28)29)18-9-10-21(30-2)19(23)15-18)22(27)24-16-5-7-17(8-6-16)25-11-13-31-14-12-25/h5-10,15,20H,4,11-14H2,1-3H3,(H,24,27)/t20-/m1/s1. The van der Waals surface area contributed by atoms with Gasteiger partial charge in [-0.1, -0.05) is 18.5 Å². The van der Waals surface area contributed by atoms with Crippen LogP contribution in [0.5, 0.6) is 5.75 Å². The molecule has 10 heteroatoms. The van der Waals surface area contributed by atoms with Gasteiger partial charge in [0, 0.05) is 24.5 Å². The summed E-state index contributed by atoms with van der Waals surface area (Å²) in [6, 6.07) is 11.2. The van der Waals surface area contributed by atoms with E-state index in [1.54, 1.807) is 19.1 Å². The molecule has 1 aliphatic heterocycles. The van der Waals surface area contributed by atoms with Crippen LogP contribution < -0.4 is 19.3 Å². The first-order valence-electron chi connectivity index (χ1n) is 10.3. The molecule has 1 aliphatic rings. The molecule has 8 nitrogen and oxygen atoms in total. The van der Waals surface area contributed by atoms with E-state index in [0.717, 1.165) is 29.3 Å². The number of methoxy groups -OCH3 is 1. The maximum Gasteiger partial charge on any atom is 0.248 e. The minimum atomic E-state index is -3.77. The Balaban J connectivity index is 1.81. The van der Waals surface area contributed by atoms with E-state index in [9.17, 15) is 13.2 Å². The predicted octanol–water partition coefficient (Wildman–Crippen LogP) is 3.37. The first-order chi connectivity index (χ1) is 15.2. The molecule has 1 fully saturated rings. The summed E-state index contributed by atoms with van der Waals surface area (Å²) in [5.41, 5.74) is 1.93. The number of carbonyl (C=O) groups is 1. The number of nitrogens with one attached hydrogen (secondary N) is 1. The molecule has 1 N–H and O–H groups in total. The molecule has 1 heterocycles. The van der Waals surface area contributed by atoms with Gasteiger partial charge in [-0.2, -0.15) is 0 Å². The van der Waals surface area contributed by atoms with Gasteiger partial charge in [-0.15, -0.1) is 0 Å². The van der Waals surface area contributed by atoms with Crippen molar-refractivity contribution in [3.63, 3.8) is 0 Å². The van der Waals surface area contributed by atoms with E-state index in [-0.39, 0.29) is 11.4 Å². The minimum absolute atomic E-state index is 0.257. The lowest BCUT2D eigenvalue weighted by Gasteiger charge is -2.30. The van der Waals surface area contributed by atoms with Crippen molar-refractivity contribution in [3.05, 3.63) is 47.5 Å². The number of hydrogen-bond donors (Lipinski definition) is 1. The molecule has 2 aromatic carbocycles. The van der Waals surface area contributed by atoms with Gasteiger partial charge in [-0.3, -0.25) is 9.10 Å². The Morgan fingerprint density at radius 3 is 2.41 bits per heavy atom. The van der Waals surface area contributed by atoms with Crippen molar-refractivity contribution < 1.29 is 22.7 Å². The third-order valence-corrected chi connectivity index (χ3v) is 6.71. The van der Waals surface area contributed by atoms with E-state index in [0.29, 0.717) is 30.3 Å². The Bertz CT molecular complexity index is 1040. The van der Waals surface area contributed by atoms with Crippen LogP contribution in [-0.4, -0.2) is 60.0 Å². The van der Waals surface area contributed by atoms with Crippen LogP contribution in [0.15, 0.2) is 42.5 Å². The van der Waals surface area contributed by atoms with Crippen LogP contribution in [0.3, 0.4) is 0 Å². The second-order valence-electron chi connectivity index (χ2n) is 7.44. The fourth-order valence-electron chi connectivity index (χ4n) is 3.66. The van der Waals surface area contributed by atoms with Gasteiger partial charge in [-0.05, 0) is 48.9 Å². The molecule has 3 rings (SSSR count). The number of benzene rings is 2. The van der Waals surface area contributed by atoms with Crippen molar-refractivity contribution in [2.45, 2.75) is 19.4 Å². The summed E-state index contributed by atoms with van der Waals surface area (Å²) in [6.45, 7) is 4.77. The Morgan fingerprint density at radius 1 is 1.22 bits per heavy atom. The number of hydrogen-bond acceptors (Lipinski definition) is 6. The van der Waals surface area contributed by atoms with E-state index in [4.69, 9.17) is 21.1 Å². The molecule has 32 heavy (non-hydrogen) atoms. The lowest BCUT2D eigenvalue weighted by Crippen LogP contribution is -2.47. The summed E-state index contributed by atoms with van der Waals surface area (Å²) in [5, 5.41) is 3.09. The summed E-state index contributed by atoms with van der Waals surface area (Å²) in [4.78, 5) is 15.3. The second kappa shape index (κ2) is 10.4. The van der Waals surface area contributed by atoms with E-state index < -0.39 is 22.0 Å². The number of halogens is 1. The molecule has 0 unspecified atom stereocenters. The van der Waals surface area contributed by atoms with Crippen molar-refractivity contribution in [2.24, 2.45) is 0 Å². The van der Waals surface area contributed by atoms with Crippen LogP contribution >= 0.6 is 11.6 Å². The SMILES string of the molecule is CC[C@H](C(=O)Nc1ccc(N2CCOCC2)cc1)N(c1ccc(OC)c(Cl)c1)S(C)(=O)=O. The van der Waals surface area contributed by atoms with Crippen LogP contribution in [-0.2, 0) is 19.6 Å². The second-order valence-corrected chi connectivity index (χ2v) is 9.70. The van der Waals surface area contributed by atoms with E-state index in [1.807, 2.05) is 24.3 Å². The quantitative estimate of drug-likeness (QED) is 0.622. The number of morpholine rings is 1. The van der Waals surface area contributed by atoms with Gasteiger partial charge in [0.25, 0.3) is 0 Å². The van der Waals surface area contributed by atoms with E-state index >= 15 is 0 Å². The molecular formula is C22H28ClN3O5S. The summed E-state index contributed by atoms with van der Waals surface area (Å²) in [6.07, 6.45) is 1.34. The van der Waals surface area contributed by atoms with E-state index in [1.165, 1.54) is 13.2 Å². The lowest BCUT2D eigenvalue weighted by atomic mass is 10.1. The number of rotatable bonds is 8. The first kappa shape index (κ1) is 24.2. The highest BCUT2D eigenvalue weighted by atomic mass is 35.5. The fourth-order valence-corrected chi connectivity index (χ4v) is 5.11. The molecule has 1 amide bonds. The van der Waals surface area contributed by atoms with Crippen LogP contribution in [0.4, 0.5) is 17.1 Å². The van der Waals surface area contributed by atoms with Crippen LogP contribution in [0.2, 0.25) is 5.02 Å². The van der Waals surface area contributed by atoms with Crippen molar-refractivity contribution in [3.8, 4) is 5.75 Å². The monoisotopic (exact) mass is 481 g/mol. The van der Waals surface area contributed by atoms with E-state index in [2.05, 4.69) is 10.2 Å². The smallest absolute Gasteiger partial charge is 0.248 e. The molecule has 0 bridgehead atoms. The number of nitrogens with zero attached hydrogens (tertiary/aromatic N) is 2. The molecule has 1 saturated heterocycles. The summed E-state index contributed by atoms with van der Waals surface area (Å²) >= 11 is 6.20. The normalized spacial score (nSPS) is 15.2. The highest BCUT2D eigenvalue weighted by molar-refractivity contribution is 7.92. The highest BCUT2D eigenvalue weighted by Gasteiger charge is 2.32. The molecular weight excluding hydrogens is 454 g/mol. The third kappa shape index (κ3) is 5.65. The Hall–Kier alpha value is -2.49. The van der Waals surface area contributed by atoms with Gasteiger partial charge in [0.15, 0.2) is 0 Å². The number of ether oxygens (including phenoxy) is 2. The highest BCUT2D eigenvalue weighted by Crippen LogP contribution is 2.32. The number of amides is 1. The first-order valence-corrected chi connectivity index (χ1v) is 12.5. The zero-order valence-corrected chi connectivity index (χ0v) is 19.9. The van der Waals surface area contributed by atoms with Crippen molar-refractivity contribution in [2.75, 3.05) is 54.2 Å². The Morgan fingerprint density at radius 2 is 1.88 bits per heavy atom. The zero-order chi connectivity index (χ0) is 23.3. The molecule has 0 saturated carbocycles. The molecule has 2 aromatic rings. The fraction of sp³-hybridized carbons (Fsp3) is 0.409. The minimum Gasteiger partial charge on any atom is -0.495 e. The average Bonchev–Trinajstić information content (AvgIpc) is 2.77. The molecule has 0 aromatic heterocycles. The predicted molar refractivity (Wildman–Crippen MR) is 128 cm³/mol. The third-order valence-electron chi connectivity index (χ3n) is 5.23.